The lowest BCUT2D eigenvalue weighted by atomic mass is 10.1. The maximum absolute atomic E-state index is 12.0. The summed E-state index contributed by atoms with van der Waals surface area (Å²) < 4.78 is 32.4. The Morgan fingerprint density at radius 3 is 3.00 bits per heavy atom. The number of aromatic nitrogens is 1. The van der Waals surface area contributed by atoms with Gasteiger partial charge in [-0.15, -0.1) is 0 Å². The number of hydrogen-bond acceptors (Lipinski definition) is 5. The van der Waals surface area contributed by atoms with Crippen LogP contribution in [0.5, 0.6) is 0 Å². The van der Waals surface area contributed by atoms with E-state index in [-0.39, 0.29) is 20.8 Å². The number of sulfonamides is 1. The van der Waals surface area contributed by atoms with E-state index in [2.05, 4.69) is 9.71 Å². The summed E-state index contributed by atoms with van der Waals surface area (Å²) in [6, 6.07) is -0.0791. The Morgan fingerprint density at radius 1 is 1.65 bits per heavy atom. The van der Waals surface area contributed by atoms with E-state index >= 15 is 0 Å². The van der Waals surface area contributed by atoms with Crippen molar-refractivity contribution in [2.75, 3.05) is 6.61 Å². The fourth-order valence-electron chi connectivity index (χ4n) is 1.75. The highest BCUT2D eigenvalue weighted by Crippen LogP contribution is 2.23. The molecule has 1 N–H and O–H groups in total. The minimum atomic E-state index is -3.50. The van der Waals surface area contributed by atoms with Crippen LogP contribution in [0.25, 0.3) is 0 Å². The van der Waals surface area contributed by atoms with Crippen LogP contribution in [-0.4, -0.2) is 32.2 Å². The van der Waals surface area contributed by atoms with Gasteiger partial charge in [0, 0.05) is 12.6 Å². The summed E-state index contributed by atoms with van der Waals surface area (Å²) in [7, 11) is -3.50. The molecule has 96 valence electrons. The van der Waals surface area contributed by atoms with Gasteiger partial charge in [-0.25, -0.2) is 18.1 Å². The zero-order chi connectivity index (χ0) is 12.5. The second kappa shape index (κ2) is 5.19. The highest BCUT2D eigenvalue weighted by Gasteiger charge is 2.26. The lowest BCUT2D eigenvalue weighted by Gasteiger charge is -2.27. The number of rotatable bonds is 3. The van der Waals surface area contributed by atoms with Gasteiger partial charge in [-0.3, -0.25) is 0 Å². The number of nitrogens with one attached hydrogen (secondary N) is 1. The first-order valence-corrected chi connectivity index (χ1v) is 7.90. The number of ether oxygens (including phenoxy) is 1. The van der Waals surface area contributed by atoms with Crippen molar-refractivity contribution >= 4 is 33.0 Å². The summed E-state index contributed by atoms with van der Waals surface area (Å²) in [5.41, 5.74) is 0. The van der Waals surface area contributed by atoms with E-state index in [4.69, 9.17) is 16.3 Å². The molecule has 2 rings (SSSR count). The second-order valence-corrected chi connectivity index (χ2v) is 7.51. The molecule has 1 aromatic rings. The van der Waals surface area contributed by atoms with Gasteiger partial charge in [-0.2, -0.15) is 0 Å². The van der Waals surface area contributed by atoms with Gasteiger partial charge in [0.15, 0.2) is 8.68 Å². The third kappa shape index (κ3) is 3.38. The van der Waals surface area contributed by atoms with E-state index < -0.39 is 10.0 Å². The van der Waals surface area contributed by atoms with Gasteiger partial charge in [0.1, 0.15) is 0 Å². The van der Waals surface area contributed by atoms with Gasteiger partial charge < -0.3 is 4.74 Å². The smallest absolute Gasteiger partial charge is 0.251 e. The standard InChI is InChI=1S/C9H13ClN2O3S2/c1-6-4-7(2-3-15-6)12-17(13,14)8-5-11-9(10)16-8/h5-7,12H,2-4H2,1H3. The molecule has 0 radical (unpaired) electrons. The summed E-state index contributed by atoms with van der Waals surface area (Å²) in [6.45, 7) is 2.52. The van der Waals surface area contributed by atoms with Crippen molar-refractivity contribution in [2.24, 2.45) is 0 Å². The average molecular weight is 297 g/mol. The molecule has 2 heterocycles. The van der Waals surface area contributed by atoms with Crippen LogP contribution in [0.15, 0.2) is 10.4 Å². The highest BCUT2D eigenvalue weighted by molar-refractivity contribution is 7.91. The fourth-order valence-corrected chi connectivity index (χ4v) is 4.34. The molecule has 2 atom stereocenters. The van der Waals surface area contributed by atoms with Gasteiger partial charge in [-0.05, 0) is 19.8 Å². The molecule has 1 aliphatic heterocycles. The minimum Gasteiger partial charge on any atom is -0.378 e. The Labute approximate surface area is 109 Å². The van der Waals surface area contributed by atoms with Gasteiger partial charge in [0.2, 0.25) is 0 Å². The zero-order valence-corrected chi connectivity index (χ0v) is 11.6. The Hall–Kier alpha value is -0.210. The Morgan fingerprint density at radius 2 is 2.41 bits per heavy atom. The van der Waals surface area contributed by atoms with Crippen molar-refractivity contribution in [2.45, 2.75) is 36.1 Å². The number of nitrogens with zero attached hydrogens (tertiary/aromatic N) is 1. The minimum absolute atomic E-state index is 0.0791. The second-order valence-electron chi connectivity index (χ2n) is 3.96. The van der Waals surface area contributed by atoms with Crippen molar-refractivity contribution in [3.63, 3.8) is 0 Å². The molecule has 2 unspecified atom stereocenters. The van der Waals surface area contributed by atoms with Gasteiger partial charge in [0.25, 0.3) is 10.0 Å². The summed E-state index contributed by atoms with van der Waals surface area (Å²) >= 11 is 6.58. The molecule has 0 bridgehead atoms. The SMILES string of the molecule is CC1CC(NS(=O)(=O)c2cnc(Cl)s2)CCO1. The topological polar surface area (TPSA) is 68.3 Å². The van der Waals surface area contributed by atoms with Gasteiger partial charge in [0.05, 0.1) is 12.3 Å². The first kappa shape index (κ1) is 13.2. The summed E-state index contributed by atoms with van der Waals surface area (Å²) in [5.74, 6) is 0. The molecule has 1 saturated heterocycles. The third-order valence-electron chi connectivity index (χ3n) is 2.53. The van der Waals surface area contributed by atoms with Crippen molar-refractivity contribution in [1.82, 2.24) is 9.71 Å². The van der Waals surface area contributed by atoms with E-state index in [9.17, 15) is 8.42 Å². The summed E-state index contributed by atoms with van der Waals surface area (Å²) in [6.07, 6.45) is 2.74. The zero-order valence-electron chi connectivity index (χ0n) is 9.22. The van der Waals surface area contributed by atoms with Crippen molar-refractivity contribution < 1.29 is 13.2 Å². The number of hydrogen-bond donors (Lipinski definition) is 1. The Balaban J connectivity index is 2.07. The van der Waals surface area contributed by atoms with Gasteiger partial charge in [-0.1, -0.05) is 22.9 Å². The maximum atomic E-state index is 12.0. The molecule has 8 heteroatoms. The Kier molecular flexibility index (Phi) is 4.04. The number of thiazole rings is 1. The van der Waals surface area contributed by atoms with Crippen LogP contribution < -0.4 is 4.72 Å². The quantitative estimate of drug-likeness (QED) is 0.921. The average Bonchev–Trinajstić information content (AvgIpc) is 2.65. The highest BCUT2D eigenvalue weighted by atomic mass is 35.5. The van der Waals surface area contributed by atoms with Crippen molar-refractivity contribution in [1.29, 1.82) is 0 Å². The van der Waals surface area contributed by atoms with Crippen LogP contribution >= 0.6 is 22.9 Å². The molecule has 5 nitrogen and oxygen atoms in total. The maximum Gasteiger partial charge on any atom is 0.251 e. The molecule has 0 saturated carbocycles. The molecule has 0 aromatic carbocycles. The van der Waals surface area contributed by atoms with Crippen molar-refractivity contribution in [3.05, 3.63) is 10.7 Å². The molecule has 1 fully saturated rings. The monoisotopic (exact) mass is 296 g/mol. The molecule has 17 heavy (non-hydrogen) atoms. The van der Waals surface area contributed by atoms with Crippen LogP contribution in [0.2, 0.25) is 4.47 Å². The predicted molar refractivity (Wildman–Crippen MR) is 65.9 cm³/mol. The molecule has 0 aliphatic carbocycles. The van der Waals surface area contributed by atoms with Crippen LogP contribution in [0.3, 0.4) is 0 Å². The van der Waals surface area contributed by atoms with E-state index in [1.165, 1.54) is 6.20 Å². The predicted octanol–water partition coefficient (Wildman–Crippen LogP) is 1.64. The molecule has 0 spiro atoms. The first-order chi connectivity index (χ1) is 7.97. The first-order valence-electron chi connectivity index (χ1n) is 5.22. The van der Waals surface area contributed by atoms with E-state index in [1.807, 2.05) is 6.92 Å². The van der Waals surface area contributed by atoms with Gasteiger partial charge >= 0.3 is 0 Å². The number of halogens is 1. The summed E-state index contributed by atoms with van der Waals surface area (Å²) in [5, 5.41) is 0. The fraction of sp³-hybridized carbons (Fsp3) is 0.667. The largest absolute Gasteiger partial charge is 0.378 e. The third-order valence-corrected chi connectivity index (χ3v) is 5.62. The molecule has 1 aliphatic rings. The van der Waals surface area contributed by atoms with Crippen LogP contribution in [0.4, 0.5) is 0 Å². The summed E-state index contributed by atoms with van der Waals surface area (Å²) in [4.78, 5) is 3.73. The van der Waals surface area contributed by atoms with Crippen LogP contribution in [0, 0.1) is 0 Å². The molecule has 0 amide bonds. The molecule has 1 aromatic heterocycles. The molecular weight excluding hydrogens is 284 g/mol. The molecular formula is C9H13ClN2O3S2. The van der Waals surface area contributed by atoms with E-state index in [1.54, 1.807) is 0 Å². The van der Waals surface area contributed by atoms with Crippen LogP contribution in [0.1, 0.15) is 19.8 Å². The van der Waals surface area contributed by atoms with Crippen molar-refractivity contribution in [3.8, 4) is 0 Å². The lowest BCUT2D eigenvalue weighted by molar-refractivity contribution is 0.0173. The normalized spacial score (nSPS) is 26.0. The van der Waals surface area contributed by atoms with E-state index in [0.717, 1.165) is 11.3 Å². The van der Waals surface area contributed by atoms with Crippen LogP contribution in [-0.2, 0) is 14.8 Å². The van der Waals surface area contributed by atoms with E-state index in [0.29, 0.717) is 19.4 Å². The Bertz CT molecular complexity index is 488. The lowest BCUT2D eigenvalue weighted by Crippen LogP contribution is -2.40.